The molecule has 0 spiro atoms. The lowest BCUT2D eigenvalue weighted by Crippen LogP contribution is -2.41. The molecule has 0 amide bonds. The summed E-state index contributed by atoms with van der Waals surface area (Å²) in [5.74, 6) is 2.40. The van der Waals surface area contributed by atoms with E-state index in [1.54, 1.807) is 7.11 Å². The van der Waals surface area contributed by atoms with Crippen molar-refractivity contribution < 1.29 is 28.3 Å². The molecular formula is C24H32NO6P. The molecule has 174 valence electrons. The molecule has 2 aromatic rings. The van der Waals surface area contributed by atoms with Crippen LogP contribution in [-0.4, -0.2) is 35.6 Å². The van der Waals surface area contributed by atoms with Gasteiger partial charge in [-0.3, -0.25) is 4.52 Å². The van der Waals surface area contributed by atoms with Gasteiger partial charge < -0.3 is 25.0 Å². The lowest BCUT2D eigenvalue weighted by molar-refractivity contribution is 0.153. The predicted molar refractivity (Wildman–Crippen MR) is 122 cm³/mol. The van der Waals surface area contributed by atoms with Gasteiger partial charge in [0.2, 0.25) is 0 Å². The number of nitrogens with two attached hydrogens (primary N) is 1. The van der Waals surface area contributed by atoms with E-state index in [2.05, 4.69) is 18.2 Å². The molecule has 0 saturated heterocycles. The fourth-order valence-corrected chi connectivity index (χ4v) is 5.36. The van der Waals surface area contributed by atoms with Crippen molar-refractivity contribution in [1.82, 2.24) is 0 Å². The summed E-state index contributed by atoms with van der Waals surface area (Å²) in [6.07, 6.45) is 5.37. The van der Waals surface area contributed by atoms with Gasteiger partial charge in [-0.1, -0.05) is 24.3 Å². The number of ether oxygens (including phenoxy) is 2. The molecule has 32 heavy (non-hydrogen) atoms. The number of benzene rings is 2. The highest BCUT2D eigenvalue weighted by atomic mass is 31.2. The van der Waals surface area contributed by atoms with Crippen LogP contribution in [0, 0.1) is 5.92 Å². The Morgan fingerprint density at radius 3 is 2.72 bits per heavy atom. The molecule has 1 unspecified atom stereocenters. The lowest BCUT2D eigenvalue weighted by atomic mass is 9.82. The Morgan fingerprint density at radius 2 is 1.94 bits per heavy atom. The number of rotatable bonds is 8. The zero-order valence-corrected chi connectivity index (χ0v) is 19.3. The zero-order valence-electron chi connectivity index (χ0n) is 18.4. The Balaban J connectivity index is 1.34. The first-order chi connectivity index (χ1) is 15.2. The summed E-state index contributed by atoms with van der Waals surface area (Å²) in [5, 5.41) is 0. The molecule has 1 saturated carbocycles. The Morgan fingerprint density at radius 1 is 1.12 bits per heavy atom. The third-order valence-electron chi connectivity index (χ3n) is 6.72. The van der Waals surface area contributed by atoms with Gasteiger partial charge >= 0.3 is 7.82 Å². The van der Waals surface area contributed by atoms with Crippen molar-refractivity contribution in [3.05, 3.63) is 59.2 Å². The van der Waals surface area contributed by atoms with E-state index < -0.39 is 13.4 Å². The van der Waals surface area contributed by atoms with Crippen molar-refractivity contribution in [3.8, 4) is 11.5 Å². The van der Waals surface area contributed by atoms with Crippen LogP contribution in [0.4, 0.5) is 0 Å². The van der Waals surface area contributed by atoms with Crippen LogP contribution in [0.3, 0.4) is 0 Å². The van der Waals surface area contributed by atoms with Crippen molar-refractivity contribution >= 4 is 7.82 Å². The summed E-state index contributed by atoms with van der Waals surface area (Å²) in [6, 6.07) is 14.4. The Kier molecular flexibility index (Phi) is 6.94. The Bertz CT molecular complexity index is 992. The van der Waals surface area contributed by atoms with Crippen molar-refractivity contribution in [1.29, 1.82) is 0 Å². The molecule has 2 aliphatic carbocycles. The van der Waals surface area contributed by atoms with E-state index in [0.29, 0.717) is 31.3 Å². The third-order valence-corrected chi connectivity index (χ3v) is 7.19. The standard InChI is InChI=1S/C24H32NO6P/c1-29-22-3-2-4-23(13-22)30-15-17-5-6-19-12-20(8-7-18(19)11-17)21-9-10-24(25,14-21)16-31-32(26,27)28/h2-4,7-8,12-13,17,21H,5-6,9-11,14-16,25H2,1H3,(H2,26,27,28)/t17?,21-,24+/m0/s1. The van der Waals surface area contributed by atoms with Gasteiger partial charge in [0, 0.05) is 11.6 Å². The Hall–Kier alpha value is -1.89. The normalized spacial score (nSPS) is 25.4. The lowest BCUT2D eigenvalue weighted by Gasteiger charge is -2.27. The summed E-state index contributed by atoms with van der Waals surface area (Å²) in [7, 11) is -2.85. The highest BCUT2D eigenvalue weighted by molar-refractivity contribution is 7.46. The summed E-state index contributed by atoms with van der Waals surface area (Å²) in [4.78, 5) is 17.9. The van der Waals surface area contributed by atoms with Gasteiger partial charge in [0.1, 0.15) is 11.5 Å². The van der Waals surface area contributed by atoms with E-state index in [1.807, 2.05) is 24.3 Å². The first-order valence-corrected chi connectivity index (χ1v) is 12.6. The minimum atomic E-state index is -4.50. The number of methoxy groups -OCH3 is 1. The zero-order chi connectivity index (χ0) is 22.8. The molecule has 0 aliphatic heterocycles. The molecule has 4 N–H and O–H groups in total. The number of fused-ring (bicyclic) bond motifs is 1. The maximum absolute atomic E-state index is 11.0. The van der Waals surface area contributed by atoms with Gasteiger partial charge in [0.15, 0.2) is 0 Å². The molecule has 3 atom stereocenters. The summed E-state index contributed by atoms with van der Waals surface area (Å²) in [6.45, 7) is 0.569. The third kappa shape index (κ3) is 5.91. The second-order valence-corrected chi connectivity index (χ2v) is 10.4. The molecule has 4 rings (SSSR count). The van der Waals surface area contributed by atoms with Gasteiger partial charge in [0.25, 0.3) is 0 Å². The first kappa shape index (κ1) is 23.3. The summed E-state index contributed by atoms with van der Waals surface area (Å²) < 4.78 is 27.0. The number of phosphoric acid groups is 1. The Labute approximate surface area is 189 Å². The molecule has 0 aromatic heterocycles. The quantitative estimate of drug-likeness (QED) is 0.511. The number of hydrogen-bond acceptors (Lipinski definition) is 5. The second-order valence-electron chi connectivity index (χ2n) is 9.19. The van der Waals surface area contributed by atoms with E-state index >= 15 is 0 Å². The largest absolute Gasteiger partial charge is 0.497 e. The maximum atomic E-state index is 11.0. The van der Waals surface area contributed by atoms with E-state index in [-0.39, 0.29) is 6.61 Å². The minimum absolute atomic E-state index is 0.117. The van der Waals surface area contributed by atoms with E-state index in [9.17, 15) is 4.57 Å². The first-order valence-electron chi connectivity index (χ1n) is 11.1. The second kappa shape index (κ2) is 9.54. The molecular weight excluding hydrogens is 429 g/mol. The maximum Gasteiger partial charge on any atom is 0.469 e. The van der Waals surface area contributed by atoms with Crippen molar-refractivity contribution in [2.75, 3.05) is 20.3 Å². The van der Waals surface area contributed by atoms with Crippen LogP contribution >= 0.6 is 7.82 Å². The van der Waals surface area contributed by atoms with E-state index in [1.165, 1.54) is 16.7 Å². The van der Waals surface area contributed by atoms with Gasteiger partial charge in [-0.2, -0.15) is 0 Å². The van der Waals surface area contributed by atoms with E-state index in [0.717, 1.165) is 37.2 Å². The fraction of sp³-hybridized carbons (Fsp3) is 0.500. The van der Waals surface area contributed by atoms with Crippen LogP contribution < -0.4 is 15.2 Å². The molecule has 2 aliphatic rings. The monoisotopic (exact) mass is 461 g/mol. The van der Waals surface area contributed by atoms with Crippen LogP contribution in [0.2, 0.25) is 0 Å². The predicted octanol–water partition coefficient (Wildman–Crippen LogP) is 3.95. The highest BCUT2D eigenvalue weighted by Gasteiger charge is 2.38. The number of aryl methyl sites for hydroxylation is 1. The fourth-order valence-electron chi connectivity index (χ4n) is 4.94. The molecule has 1 fully saturated rings. The van der Waals surface area contributed by atoms with Crippen molar-refractivity contribution in [2.45, 2.75) is 50.0 Å². The average molecular weight is 461 g/mol. The van der Waals surface area contributed by atoms with Gasteiger partial charge in [-0.05, 0) is 79.2 Å². The van der Waals surface area contributed by atoms with Gasteiger partial charge in [0.05, 0.1) is 20.3 Å². The molecule has 0 bridgehead atoms. The SMILES string of the molecule is COc1cccc(OCC2CCc3cc([C@H]4CC[C@](N)(COP(=O)(O)O)C4)ccc3C2)c1. The summed E-state index contributed by atoms with van der Waals surface area (Å²) in [5.41, 5.74) is 9.70. The number of hydrogen-bond donors (Lipinski definition) is 3. The minimum Gasteiger partial charge on any atom is -0.497 e. The van der Waals surface area contributed by atoms with Crippen molar-refractivity contribution in [3.63, 3.8) is 0 Å². The number of phosphoric ester groups is 1. The molecule has 7 nitrogen and oxygen atoms in total. The molecule has 0 radical (unpaired) electrons. The molecule has 8 heteroatoms. The molecule has 0 heterocycles. The van der Waals surface area contributed by atoms with Crippen LogP contribution in [-0.2, 0) is 21.9 Å². The summed E-state index contributed by atoms with van der Waals surface area (Å²) >= 11 is 0. The van der Waals surface area contributed by atoms with Gasteiger partial charge in [-0.15, -0.1) is 0 Å². The molecule has 2 aromatic carbocycles. The smallest absolute Gasteiger partial charge is 0.469 e. The average Bonchev–Trinajstić information content (AvgIpc) is 3.18. The van der Waals surface area contributed by atoms with Crippen LogP contribution in [0.1, 0.15) is 48.3 Å². The van der Waals surface area contributed by atoms with Gasteiger partial charge in [-0.25, -0.2) is 4.57 Å². The topological polar surface area (TPSA) is 111 Å². The van der Waals surface area contributed by atoms with Crippen LogP contribution in [0.15, 0.2) is 42.5 Å². The highest BCUT2D eigenvalue weighted by Crippen LogP contribution is 2.44. The van der Waals surface area contributed by atoms with Crippen LogP contribution in [0.25, 0.3) is 0 Å². The van der Waals surface area contributed by atoms with Crippen molar-refractivity contribution in [2.24, 2.45) is 11.7 Å². The van der Waals surface area contributed by atoms with Crippen LogP contribution in [0.5, 0.6) is 11.5 Å². The van der Waals surface area contributed by atoms with E-state index in [4.69, 9.17) is 29.5 Å².